The molecule has 0 aliphatic rings. The molecule has 1 atom stereocenters. The fourth-order valence-electron chi connectivity index (χ4n) is 1.02. The first-order valence-electron chi connectivity index (χ1n) is 3.98. The first-order valence-corrected chi connectivity index (χ1v) is 4.77. The van der Waals surface area contributed by atoms with Gasteiger partial charge in [-0.25, -0.2) is 0 Å². The van der Waals surface area contributed by atoms with E-state index in [0.717, 1.165) is 10.0 Å². The average Bonchev–Trinajstić information content (AvgIpc) is 2.04. The Balaban J connectivity index is 2.94. The molecule has 1 aromatic rings. The van der Waals surface area contributed by atoms with Crippen LogP contribution in [-0.4, -0.2) is 4.98 Å². The molecule has 0 spiro atoms. The van der Waals surface area contributed by atoms with Crippen molar-refractivity contribution < 1.29 is 0 Å². The van der Waals surface area contributed by atoms with E-state index in [-0.39, 0.29) is 6.04 Å². The number of pyridine rings is 1. The first-order chi connectivity index (χ1) is 5.63. The van der Waals surface area contributed by atoms with Gasteiger partial charge in [0.2, 0.25) is 0 Å². The van der Waals surface area contributed by atoms with Gasteiger partial charge < -0.3 is 5.73 Å². The summed E-state index contributed by atoms with van der Waals surface area (Å²) in [5, 5.41) is 0. The van der Waals surface area contributed by atoms with Gasteiger partial charge in [0.1, 0.15) is 0 Å². The second kappa shape index (κ2) is 4.01. The number of halogens is 1. The fourth-order valence-corrected chi connectivity index (χ4v) is 1.53. The molecular weight excluding hydrogens is 216 g/mol. The Labute approximate surface area is 81.3 Å². The van der Waals surface area contributed by atoms with Gasteiger partial charge in [-0.3, -0.25) is 4.98 Å². The number of nitrogens with two attached hydrogens (primary N) is 1. The number of nitrogens with zero attached hydrogens (tertiary/aromatic N) is 1. The lowest BCUT2D eigenvalue weighted by atomic mass is 9.98. The standard InChI is InChI=1S/C9H13BrN2/c1-6(2)9(11)7-3-4-12-5-8(7)10/h3-6,9H,11H2,1-2H3. The minimum atomic E-state index is 0.0855. The number of rotatable bonds is 2. The Morgan fingerprint density at radius 1 is 1.50 bits per heavy atom. The topological polar surface area (TPSA) is 38.9 Å². The summed E-state index contributed by atoms with van der Waals surface area (Å²) in [6, 6.07) is 2.04. The first kappa shape index (κ1) is 9.68. The third-order valence-corrected chi connectivity index (χ3v) is 2.54. The maximum Gasteiger partial charge on any atom is 0.0413 e. The van der Waals surface area contributed by atoms with Crippen molar-refractivity contribution in [1.29, 1.82) is 0 Å². The van der Waals surface area contributed by atoms with Crippen molar-refractivity contribution in [2.24, 2.45) is 11.7 Å². The van der Waals surface area contributed by atoms with Gasteiger partial charge in [-0.05, 0) is 33.5 Å². The van der Waals surface area contributed by atoms with Crippen molar-refractivity contribution in [2.45, 2.75) is 19.9 Å². The molecule has 1 unspecified atom stereocenters. The molecule has 1 heterocycles. The third kappa shape index (κ3) is 2.05. The van der Waals surface area contributed by atoms with E-state index in [1.54, 1.807) is 12.4 Å². The highest BCUT2D eigenvalue weighted by atomic mass is 79.9. The molecule has 1 rings (SSSR count). The molecular formula is C9H13BrN2. The van der Waals surface area contributed by atoms with Crippen molar-refractivity contribution in [3.63, 3.8) is 0 Å². The maximum atomic E-state index is 5.98. The normalized spacial score (nSPS) is 13.4. The molecule has 66 valence electrons. The second-order valence-electron chi connectivity index (χ2n) is 3.17. The molecule has 0 amide bonds. The highest BCUT2D eigenvalue weighted by Crippen LogP contribution is 2.25. The van der Waals surface area contributed by atoms with Gasteiger partial charge in [0.05, 0.1) is 0 Å². The Morgan fingerprint density at radius 3 is 2.67 bits per heavy atom. The summed E-state index contributed by atoms with van der Waals surface area (Å²) in [5.74, 6) is 0.448. The van der Waals surface area contributed by atoms with Crippen LogP contribution in [0.5, 0.6) is 0 Å². The van der Waals surface area contributed by atoms with Crippen LogP contribution in [0.4, 0.5) is 0 Å². The van der Waals surface area contributed by atoms with Crippen molar-refractivity contribution in [3.05, 3.63) is 28.5 Å². The van der Waals surface area contributed by atoms with E-state index < -0.39 is 0 Å². The monoisotopic (exact) mass is 228 g/mol. The molecule has 0 aliphatic carbocycles. The summed E-state index contributed by atoms with van der Waals surface area (Å²) < 4.78 is 0.992. The average molecular weight is 229 g/mol. The van der Waals surface area contributed by atoms with Gasteiger partial charge in [0.15, 0.2) is 0 Å². The maximum absolute atomic E-state index is 5.98. The minimum Gasteiger partial charge on any atom is -0.324 e. The van der Waals surface area contributed by atoms with Gasteiger partial charge in [-0.2, -0.15) is 0 Å². The predicted molar refractivity (Wildman–Crippen MR) is 53.7 cm³/mol. The quantitative estimate of drug-likeness (QED) is 0.846. The SMILES string of the molecule is CC(C)C(N)c1ccncc1Br. The van der Waals surface area contributed by atoms with Crippen LogP contribution in [-0.2, 0) is 0 Å². The largest absolute Gasteiger partial charge is 0.324 e. The van der Waals surface area contributed by atoms with E-state index in [1.165, 1.54) is 0 Å². The predicted octanol–water partition coefficient (Wildman–Crippen LogP) is 2.50. The summed E-state index contributed by atoms with van der Waals surface area (Å²) >= 11 is 3.42. The molecule has 3 heteroatoms. The van der Waals surface area contributed by atoms with Gasteiger partial charge in [0.25, 0.3) is 0 Å². The molecule has 2 N–H and O–H groups in total. The zero-order valence-corrected chi connectivity index (χ0v) is 8.88. The zero-order chi connectivity index (χ0) is 9.14. The summed E-state index contributed by atoms with van der Waals surface area (Å²) in [5.41, 5.74) is 7.11. The van der Waals surface area contributed by atoms with Gasteiger partial charge in [-0.15, -0.1) is 0 Å². The molecule has 12 heavy (non-hydrogen) atoms. The number of aromatic nitrogens is 1. The van der Waals surface area contributed by atoms with Crippen molar-refractivity contribution >= 4 is 15.9 Å². The summed E-state index contributed by atoms with van der Waals surface area (Å²) in [6.07, 6.45) is 3.54. The molecule has 0 saturated heterocycles. The van der Waals surface area contributed by atoms with Crippen LogP contribution in [0.25, 0.3) is 0 Å². The van der Waals surface area contributed by atoms with Crippen LogP contribution >= 0.6 is 15.9 Å². The molecule has 0 bridgehead atoms. The van der Waals surface area contributed by atoms with Crippen LogP contribution < -0.4 is 5.73 Å². The molecule has 2 nitrogen and oxygen atoms in total. The van der Waals surface area contributed by atoms with Crippen molar-refractivity contribution in [3.8, 4) is 0 Å². The van der Waals surface area contributed by atoms with Crippen molar-refractivity contribution in [1.82, 2.24) is 4.98 Å². The van der Waals surface area contributed by atoms with Gasteiger partial charge in [-0.1, -0.05) is 13.8 Å². The van der Waals surface area contributed by atoms with Gasteiger partial charge >= 0.3 is 0 Å². The molecule has 0 fully saturated rings. The highest BCUT2D eigenvalue weighted by Gasteiger charge is 2.12. The summed E-state index contributed by atoms with van der Waals surface area (Å²) in [7, 11) is 0. The van der Waals surface area contributed by atoms with Crippen LogP contribution in [0.2, 0.25) is 0 Å². The lowest BCUT2D eigenvalue weighted by Gasteiger charge is -2.16. The molecule has 0 aliphatic heterocycles. The van der Waals surface area contributed by atoms with Crippen molar-refractivity contribution in [2.75, 3.05) is 0 Å². The minimum absolute atomic E-state index is 0.0855. The van der Waals surface area contributed by atoms with Crippen LogP contribution in [0.1, 0.15) is 25.5 Å². The van der Waals surface area contributed by atoms with E-state index in [0.29, 0.717) is 5.92 Å². The summed E-state index contributed by atoms with van der Waals surface area (Å²) in [4.78, 5) is 3.98. The van der Waals surface area contributed by atoms with E-state index in [4.69, 9.17) is 5.73 Å². The Kier molecular flexibility index (Phi) is 3.23. The molecule has 0 radical (unpaired) electrons. The molecule has 1 aromatic heterocycles. The molecule has 0 aromatic carbocycles. The van der Waals surface area contributed by atoms with Crippen LogP contribution in [0.15, 0.2) is 22.9 Å². The Bertz CT molecular complexity index is 260. The fraction of sp³-hybridized carbons (Fsp3) is 0.444. The zero-order valence-electron chi connectivity index (χ0n) is 7.29. The lowest BCUT2D eigenvalue weighted by molar-refractivity contribution is 0.512. The summed E-state index contributed by atoms with van der Waals surface area (Å²) in [6.45, 7) is 4.22. The van der Waals surface area contributed by atoms with E-state index in [9.17, 15) is 0 Å². The van der Waals surface area contributed by atoms with Crippen LogP contribution in [0, 0.1) is 5.92 Å². The smallest absolute Gasteiger partial charge is 0.0413 e. The Hall–Kier alpha value is -0.410. The highest BCUT2D eigenvalue weighted by molar-refractivity contribution is 9.10. The lowest BCUT2D eigenvalue weighted by Crippen LogP contribution is -2.17. The number of hydrogen-bond acceptors (Lipinski definition) is 2. The second-order valence-corrected chi connectivity index (χ2v) is 4.02. The van der Waals surface area contributed by atoms with Gasteiger partial charge in [0, 0.05) is 22.9 Å². The van der Waals surface area contributed by atoms with E-state index >= 15 is 0 Å². The molecule has 0 saturated carbocycles. The van der Waals surface area contributed by atoms with E-state index in [2.05, 4.69) is 34.8 Å². The third-order valence-electron chi connectivity index (χ3n) is 1.88. The van der Waals surface area contributed by atoms with E-state index in [1.807, 2.05) is 6.07 Å². The Morgan fingerprint density at radius 2 is 2.17 bits per heavy atom. The van der Waals surface area contributed by atoms with Crippen LogP contribution in [0.3, 0.4) is 0 Å². The number of hydrogen-bond donors (Lipinski definition) is 1.